The van der Waals surface area contributed by atoms with Gasteiger partial charge in [0.2, 0.25) is 0 Å². The monoisotopic (exact) mass is 394 g/mol. The normalized spacial score (nSPS) is 17.8. The topological polar surface area (TPSA) is 40.6 Å². The molecule has 0 aromatic heterocycles. The molecule has 1 aliphatic heterocycles. The predicted octanol–water partition coefficient (Wildman–Crippen LogP) is 1.71. The molecule has 0 N–H and O–H groups in total. The van der Waals surface area contributed by atoms with Crippen LogP contribution in [0.3, 0.4) is 0 Å². The lowest BCUT2D eigenvalue weighted by Gasteiger charge is -2.32. The SMILES string of the molecule is O=C(I)N1CCN(C(=O)I)CC1. The Balaban J connectivity index is 2.39. The van der Waals surface area contributed by atoms with Gasteiger partial charge < -0.3 is 9.80 Å². The van der Waals surface area contributed by atoms with Gasteiger partial charge in [-0.15, -0.1) is 0 Å². The van der Waals surface area contributed by atoms with Gasteiger partial charge in [-0.1, -0.05) is 0 Å². The highest BCUT2D eigenvalue weighted by atomic mass is 127. The van der Waals surface area contributed by atoms with Crippen molar-refractivity contribution in [3.8, 4) is 0 Å². The number of nitrogens with zero attached hydrogens (tertiary/aromatic N) is 2. The second kappa shape index (κ2) is 4.58. The highest BCUT2D eigenvalue weighted by molar-refractivity contribution is 14.1. The van der Waals surface area contributed by atoms with Crippen molar-refractivity contribution in [2.75, 3.05) is 26.2 Å². The fraction of sp³-hybridized carbons (Fsp3) is 0.667. The van der Waals surface area contributed by atoms with Crippen LogP contribution >= 0.6 is 45.2 Å². The summed E-state index contributed by atoms with van der Waals surface area (Å²) < 4.78 is 0.126. The minimum absolute atomic E-state index is 0.0631. The summed E-state index contributed by atoms with van der Waals surface area (Å²) in [7, 11) is 0. The Labute approximate surface area is 97.9 Å². The van der Waals surface area contributed by atoms with E-state index < -0.39 is 0 Å². The van der Waals surface area contributed by atoms with Crippen LogP contribution in [0.15, 0.2) is 0 Å². The molecule has 0 radical (unpaired) electrons. The van der Waals surface area contributed by atoms with Crippen LogP contribution in [0.25, 0.3) is 0 Å². The van der Waals surface area contributed by atoms with Gasteiger partial charge >= 0.3 is 0 Å². The average Bonchev–Trinajstić information content (AvgIpc) is 2.04. The minimum atomic E-state index is 0.0631. The zero-order valence-corrected chi connectivity index (χ0v) is 10.6. The number of carbonyl (C=O) groups is 2. The third-order valence-electron chi connectivity index (χ3n) is 1.78. The fourth-order valence-corrected chi connectivity index (χ4v) is 2.02. The number of rotatable bonds is 0. The molecular formula is C6H8I2N2O2. The van der Waals surface area contributed by atoms with E-state index in [1.54, 1.807) is 55.0 Å². The van der Waals surface area contributed by atoms with E-state index in [-0.39, 0.29) is 7.83 Å². The maximum Gasteiger partial charge on any atom is 0.283 e. The number of amides is 2. The lowest BCUT2D eigenvalue weighted by atomic mass is 10.3. The Morgan fingerprint density at radius 2 is 1.08 bits per heavy atom. The molecule has 6 heteroatoms. The fourth-order valence-electron chi connectivity index (χ4n) is 1.06. The van der Waals surface area contributed by atoms with Crippen molar-refractivity contribution in [1.82, 2.24) is 9.80 Å². The first-order valence-corrected chi connectivity index (χ1v) is 5.66. The van der Waals surface area contributed by atoms with Gasteiger partial charge in [0.05, 0.1) is 0 Å². The molecule has 0 aromatic rings. The second-order valence-electron chi connectivity index (χ2n) is 2.48. The molecule has 4 nitrogen and oxygen atoms in total. The third-order valence-corrected chi connectivity index (χ3v) is 3.14. The summed E-state index contributed by atoms with van der Waals surface area (Å²) in [5, 5.41) is 0. The number of hydrogen-bond donors (Lipinski definition) is 0. The second-order valence-corrected chi connectivity index (χ2v) is 4.33. The van der Waals surface area contributed by atoms with Crippen LogP contribution in [-0.2, 0) is 0 Å². The Bertz CT molecular complexity index is 180. The Kier molecular flexibility index (Phi) is 4.00. The third kappa shape index (κ3) is 2.71. The Morgan fingerprint density at radius 1 is 0.833 bits per heavy atom. The van der Waals surface area contributed by atoms with Crippen molar-refractivity contribution in [2.24, 2.45) is 0 Å². The average molecular weight is 394 g/mol. The molecule has 2 amide bonds. The van der Waals surface area contributed by atoms with E-state index >= 15 is 0 Å². The molecule has 1 saturated heterocycles. The van der Waals surface area contributed by atoms with E-state index in [4.69, 9.17) is 0 Å². The summed E-state index contributed by atoms with van der Waals surface area (Å²) in [6.07, 6.45) is 0. The van der Waals surface area contributed by atoms with Crippen molar-refractivity contribution < 1.29 is 9.59 Å². The Morgan fingerprint density at radius 3 is 1.25 bits per heavy atom. The minimum Gasteiger partial charge on any atom is -0.331 e. The number of piperazine rings is 1. The van der Waals surface area contributed by atoms with Crippen LogP contribution in [0, 0.1) is 0 Å². The molecule has 0 saturated carbocycles. The van der Waals surface area contributed by atoms with Crippen molar-refractivity contribution in [1.29, 1.82) is 0 Å². The molecule has 0 aliphatic carbocycles. The van der Waals surface area contributed by atoms with Crippen molar-refractivity contribution in [3.63, 3.8) is 0 Å². The molecule has 0 unspecified atom stereocenters. The quantitative estimate of drug-likeness (QED) is 0.357. The molecule has 0 atom stereocenters. The molecule has 0 bridgehead atoms. The van der Waals surface area contributed by atoms with Crippen LogP contribution in [0.2, 0.25) is 0 Å². The largest absolute Gasteiger partial charge is 0.331 e. The first-order chi connectivity index (χ1) is 5.61. The van der Waals surface area contributed by atoms with Crippen molar-refractivity contribution in [3.05, 3.63) is 0 Å². The zero-order chi connectivity index (χ0) is 9.14. The summed E-state index contributed by atoms with van der Waals surface area (Å²) >= 11 is 3.54. The summed E-state index contributed by atoms with van der Waals surface area (Å²) in [5.74, 6) is 0. The molecule has 12 heavy (non-hydrogen) atoms. The van der Waals surface area contributed by atoms with Gasteiger partial charge in [-0.2, -0.15) is 0 Å². The summed E-state index contributed by atoms with van der Waals surface area (Å²) in [6, 6.07) is 0. The summed E-state index contributed by atoms with van der Waals surface area (Å²) in [5.41, 5.74) is 0. The highest BCUT2D eigenvalue weighted by Crippen LogP contribution is 2.08. The molecular weight excluding hydrogens is 386 g/mol. The zero-order valence-electron chi connectivity index (χ0n) is 6.30. The molecule has 0 spiro atoms. The standard InChI is InChI=1S/C6H8I2N2O2/c7-5(11)9-1-2-10(4-3-9)6(8)12/h1-4H2. The molecule has 0 aromatic carbocycles. The Hall–Kier alpha value is 0.400. The lowest BCUT2D eigenvalue weighted by Crippen LogP contribution is -2.47. The van der Waals surface area contributed by atoms with Crippen LogP contribution in [-0.4, -0.2) is 43.8 Å². The lowest BCUT2D eigenvalue weighted by molar-refractivity contribution is 0.171. The summed E-state index contributed by atoms with van der Waals surface area (Å²) in [4.78, 5) is 25.3. The first kappa shape index (κ1) is 10.5. The maximum atomic E-state index is 10.9. The first-order valence-electron chi connectivity index (χ1n) is 3.50. The van der Waals surface area contributed by atoms with E-state index in [0.29, 0.717) is 26.2 Å². The van der Waals surface area contributed by atoms with Gasteiger partial charge in [-0.25, -0.2) is 0 Å². The van der Waals surface area contributed by atoms with Gasteiger partial charge in [0.25, 0.3) is 7.83 Å². The molecule has 1 heterocycles. The van der Waals surface area contributed by atoms with E-state index in [1.807, 2.05) is 0 Å². The van der Waals surface area contributed by atoms with Crippen LogP contribution < -0.4 is 0 Å². The van der Waals surface area contributed by atoms with Crippen LogP contribution in [0.5, 0.6) is 0 Å². The van der Waals surface area contributed by atoms with Crippen molar-refractivity contribution >= 4 is 53.0 Å². The maximum absolute atomic E-state index is 10.9. The smallest absolute Gasteiger partial charge is 0.283 e. The van der Waals surface area contributed by atoms with Gasteiger partial charge in [0.1, 0.15) is 0 Å². The van der Waals surface area contributed by atoms with Gasteiger partial charge in [-0.3, -0.25) is 9.59 Å². The van der Waals surface area contributed by atoms with E-state index in [2.05, 4.69) is 0 Å². The molecule has 1 fully saturated rings. The van der Waals surface area contributed by atoms with Crippen molar-refractivity contribution in [2.45, 2.75) is 0 Å². The number of hydrogen-bond acceptors (Lipinski definition) is 2. The molecule has 1 aliphatic rings. The summed E-state index contributed by atoms with van der Waals surface area (Å²) in [6.45, 7) is 2.65. The molecule has 1 rings (SSSR count). The van der Waals surface area contributed by atoms with E-state index in [0.717, 1.165) is 0 Å². The van der Waals surface area contributed by atoms with E-state index in [9.17, 15) is 9.59 Å². The predicted molar refractivity (Wildman–Crippen MR) is 62.0 cm³/mol. The number of carbonyl (C=O) groups excluding carboxylic acids is 2. The van der Waals surface area contributed by atoms with Gasteiger partial charge in [-0.05, 0) is 0 Å². The van der Waals surface area contributed by atoms with Crippen LogP contribution in [0.1, 0.15) is 0 Å². The number of halogens is 2. The highest BCUT2D eigenvalue weighted by Gasteiger charge is 2.20. The van der Waals surface area contributed by atoms with Crippen LogP contribution in [0.4, 0.5) is 9.59 Å². The molecule has 68 valence electrons. The van der Waals surface area contributed by atoms with Gasteiger partial charge in [0.15, 0.2) is 0 Å². The van der Waals surface area contributed by atoms with E-state index in [1.165, 1.54) is 0 Å². The van der Waals surface area contributed by atoms with Gasteiger partial charge in [0, 0.05) is 71.4 Å².